The average Bonchev–Trinajstić information content (AvgIpc) is 2.93. The van der Waals surface area contributed by atoms with Crippen LogP contribution >= 0.6 is 0 Å². The van der Waals surface area contributed by atoms with Crippen molar-refractivity contribution < 1.29 is 29.7 Å². The molecule has 0 unspecified atom stereocenters. The summed E-state index contributed by atoms with van der Waals surface area (Å²) in [6.07, 6.45) is 7.32. The number of aliphatic hydroxyl groups is 1. The average molecular weight is 617 g/mol. The molecular weight excluding hydrogens is 564 g/mol. The number of allylic oxidation sites excluding steroid dienone is 7. The van der Waals surface area contributed by atoms with Gasteiger partial charge in [0.1, 0.15) is 16.7 Å². The van der Waals surface area contributed by atoms with Crippen LogP contribution in [0.25, 0.3) is 5.76 Å². The zero-order valence-electron chi connectivity index (χ0n) is 28.5. The van der Waals surface area contributed by atoms with Crippen molar-refractivity contribution in [3.8, 4) is 11.5 Å². The minimum Gasteiger partial charge on any atom is -0.506 e. The number of phenols is 2. The van der Waals surface area contributed by atoms with Crippen LogP contribution in [0.4, 0.5) is 0 Å². The van der Waals surface area contributed by atoms with Crippen LogP contribution in [0.3, 0.4) is 0 Å². The standard InChI is InChI=1S/C39H52O6/c1-23(2)11-13-27(26(7)8)18-19-38-22-29(15-12-24(3)4)37(9,10)39(36(38)45,20-17-25(5)6)35(44)32(34(38)43)33(42)28-14-16-30(40)31(41)21-28/h12,14,16-17,21,27,29,40-42H,1,7,11,13,15,18-20,22H2,2-6,8-10H3/t27-,29+,38-,39+/m0/s1. The van der Waals surface area contributed by atoms with Crippen molar-refractivity contribution in [2.24, 2.45) is 28.1 Å². The van der Waals surface area contributed by atoms with Gasteiger partial charge in [0, 0.05) is 5.56 Å². The van der Waals surface area contributed by atoms with E-state index >= 15 is 4.79 Å². The molecule has 0 amide bonds. The van der Waals surface area contributed by atoms with E-state index in [4.69, 9.17) is 0 Å². The molecule has 0 saturated heterocycles. The summed E-state index contributed by atoms with van der Waals surface area (Å²) < 4.78 is 0. The Balaban J connectivity index is 2.38. The highest BCUT2D eigenvalue weighted by molar-refractivity contribution is 6.41. The van der Waals surface area contributed by atoms with Crippen LogP contribution in [0.2, 0.25) is 0 Å². The fourth-order valence-corrected chi connectivity index (χ4v) is 7.36. The van der Waals surface area contributed by atoms with Crippen LogP contribution in [0.15, 0.2) is 71.4 Å². The number of fused-ring (bicyclic) bond motifs is 2. The second kappa shape index (κ2) is 13.4. The third-order valence-electron chi connectivity index (χ3n) is 10.5. The summed E-state index contributed by atoms with van der Waals surface area (Å²) in [6, 6.07) is 3.66. The molecule has 244 valence electrons. The highest BCUT2D eigenvalue weighted by Gasteiger charge is 2.73. The Morgan fingerprint density at radius 1 is 0.933 bits per heavy atom. The van der Waals surface area contributed by atoms with Gasteiger partial charge in [0.05, 0.1) is 5.41 Å². The van der Waals surface area contributed by atoms with E-state index < -0.39 is 50.6 Å². The van der Waals surface area contributed by atoms with Gasteiger partial charge >= 0.3 is 0 Å². The first-order valence-electron chi connectivity index (χ1n) is 16.0. The Hall–Kier alpha value is -3.67. The smallest absolute Gasteiger partial charge is 0.184 e. The van der Waals surface area contributed by atoms with Crippen molar-refractivity contribution in [3.63, 3.8) is 0 Å². The maximum atomic E-state index is 15.1. The van der Waals surface area contributed by atoms with Crippen LogP contribution < -0.4 is 0 Å². The van der Waals surface area contributed by atoms with E-state index in [1.807, 2.05) is 61.5 Å². The minimum atomic E-state index is -1.60. The third-order valence-corrected chi connectivity index (χ3v) is 10.5. The molecule has 1 aromatic rings. The molecule has 2 saturated carbocycles. The monoisotopic (exact) mass is 616 g/mol. The predicted octanol–water partition coefficient (Wildman–Crippen LogP) is 9.15. The van der Waals surface area contributed by atoms with Crippen LogP contribution in [0.1, 0.15) is 106 Å². The number of hydrogen-bond acceptors (Lipinski definition) is 6. The SMILES string of the molecule is C=C(C)CC[C@@H](CC[C@]12C[C@@H](CC=C(C)C)C(C)(C)[C@](CC=C(C)C)(C(=O)C(=C(O)c3ccc(O)c(O)c3)C1=O)C2=O)C(=C)C. The van der Waals surface area contributed by atoms with Gasteiger partial charge in [0.15, 0.2) is 28.8 Å². The number of aliphatic hydroxyl groups excluding tert-OH is 1. The molecule has 0 spiro atoms. The van der Waals surface area contributed by atoms with E-state index in [1.165, 1.54) is 12.1 Å². The molecule has 3 N–H and O–H groups in total. The van der Waals surface area contributed by atoms with Gasteiger partial charge in [-0.2, -0.15) is 0 Å². The van der Waals surface area contributed by atoms with Gasteiger partial charge in [0.2, 0.25) is 0 Å². The van der Waals surface area contributed by atoms with E-state index in [0.717, 1.165) is 41.2 Å². The summed E-state index contributed by atoms with van der Waals surface area (Å²) >= 11 is 0. The quantitative estimate of drug-likeness (QED) is 0.0539. The minimum absolute atomic E-state index is 0.0158. The van der Waals surface area contributed by atoms with Crippen molar-refractivity contribution in [2.45, 2.75) is 100 Å². The van der Waals surface area contributed by atoms with Crippen LogP contribution in [0, 0.1) is 28.1 Å². The molecule has 1 aromatic carbocycles. The van der Waals surface area contributed by atoms with Crippen molar-refractivity contribution in [3.05, 3.63) is 76.9 Å². The molecule has 0 aromatic heterocycles. The van der Waals surface area contributed by atoms with E-state index in [9.17, 15) is 24.9 Å². The molecule has 6 nitrogen and oxygen atoms in total. The number of carbonyl (C=O) groups excluding carboxylic acids is 3. The lowest BCUT2D eigenvalue weighted by Crippen LogP contribution is -2.69. The van der Waals surface area contributed by atoms with Crippen molar-refractivity contribution in [2.75, 3.05) is 0 Å². The molecule has 3 rings (SSSR count). The highest BCUT2D eigenvalue weighted by Crippen LogP contribution is 2.66. The van der Waals surface area contributed by atoms with Crippen LogP contribution in [-0.4, -0.2) is 32.7 Å². The molecule has 45 heavy (non-hydrogen) atoms. The largest absolute Gasteiger partial charge is 0.506 e. The molecule has 2 aliphatic rings. The number of rotatable bonds is 12. The van der Waals surface area contributed by atoms with Gasteiger partial charge in [-0.1, -0.05) is 54.9 Å². The first-order valence-corrected chi connectivity index (χ1v) is 16.0. The molecule has 2 bridgehead atoms. The van der Waals surface area contributed by atoms with Gasteiger partial charge < -0.3 is 15.3 Å². The maximum absolute atomic E-state index is 15.1. The summed E-state index contributed by atoms with van der Waals surface area (Å²) in [5, 5.41) is 31.8. The molecule has 0 radical (unpaired) electrons. The van der Waals surface area contributed by atoms with Crippen molar-refractivity contribution in [1.29, 1.82) is 0 Å². The first-order chi connectivity index (χ1) is 20.8. The third kappa shape index (κ3) is 6.52. The summed E-state index contributed by atoms with van der Waals surface area (Å²) in [6.45, 7) is 23.9. The Morgan fingerprint density at radius 3 is 2.09 bits per heavy atom. The van der Waals surface area contributed by atoms with Crippen molar-refractivity contribution in [1.82, 2.24) is 0 Å². The second-order valence-electron chi connectivity index (χ2n) is 14.6. The number of benzene rings is 1. The summed E-state index contributed by atoms with van der Waals surface area (Å²) in [5.41, 5.74) is -0.311. The van der Waals surface area contributed by atoms with Gasteiger partial charge in [-0.3, -0.25) is 14.4 Å². The lowest BCUT2D eigenvalue weighted by atomic mass is 9.38. The number of hydrogen-bond donors (Lipinski definition) is 3. The number of phenolic OH excluding ortho intramolecular Hbond substituents is 2. The first kappa shape index (κ1) is 35.8. The molecule has 0 heterocycles. The van der Waals surface area contributed by atoms with Crippen LogP contribution in [-0.2, 0) is 14.4 Å². The molecular formula is C39H52O6. The summed E-state index contributed by atoms with van der Waals surface area (Å²) in [5.74, 6) is -3.29. The Labute approximate surface area is 269 Å². The summed E-state index contributed by atoms with van der Waals surface area (Å²) in [4.78, 5) is 44.8. The van der Waals surface area contributed by atoms with E-state index in [2.05, 4.69) is 19.2 Å². The Bertz CT molecular complexity index is 1490. The lowest BCUT2D eigenvalue weighted by Gasteiger charge is -2.60. The fourth-order valence-electron chi connectivity index (χ4n) is 7.36. The number of carbonyl (C=O) groups is 3. The van der Waals surface area contributed by atoms with Gasteiger partial charge in [-0.25, -0.2) is 0 Å². The number of ketones is 3. The zero-order chi connectivity index (χ0) is 34.1. The van der Waals surface area contributed by atoms with Crippen LogP contribution in [0.5, 0.6) is 11.5 Å². The molecule has 0 aliphatic heterocycles. The molecule has 2 fully saturated rings. The van der Waals surface area contributed by atoms with E-state index in [-0.39, 0.29) is 42.4 Å². The summed E-state index contributed by atoms with van der Waals surface area (Å²) in [7, 11) is 0. The van der Waals surface area contributed by atoms with E-state index in [1.54, 1.807) is 0 Å². The number of aromatic hydroxyl groups is 2. The maximum Gasteiger partial charge on any atom is 0.184 e. The van der Waals surface area contributed by atoms with Gasteiger partial charge in [-0.15, -0.1) is 6.58 Å². The van der Waals surface area contributed by atoms with E-state index in [0.29, 0.717) is 12.8 Å². The van der Waals surface area contributed by atoms with Gasteiger partial charge in [-0.05, 0) is 122 Å². The normalized spacial score (nSPS) is 25.8. The molecule has 4 atom stereocenters. The Kier molecular flexibility index (Phi) is 10.6. The number of Topliss-reactive ketones (excluding diaryl/α,β-unsaturated/α-hetero) is 3. The zero-order valence-corrected chi connectivity index (χ0v) is 28.5. The highest BCUT2D eigenvalue weighted by atomic mass is 16.3. The van der Waals surface area contributed by atoms with Gasteiger partial charge in [0.25, 0.3) is 0 Å². The topological polar surface area (TPSA) is 112 Å². The van der Waals surface area contributed by atoms with Crippen molar-refractivity contribution >= 4 is 23.1 Å². The Morgan fingerprint density at radius 2 is 1.56 bits per heavy atom. The lowest BCUT2D eigenvalue weighted by molar-refractivity contribution is -0.177. The second-order valence-corrected chi connectivity index (χ2v) is 14.6. The molecule has 6 heteroatoms. The fraction of sp³-hybridized carbons (Fsp3) is 0.513. The predicted molar refractivity (Wildman–Crippen MR) is 181 cm³/mol. The molecule has 2 aliphatic carbocycles.